The quantitative estimate of drug-likeness (QED) is 0.797. The number of nitrogens with zero attached hydrogens (tertiary/aromatic N) is 3. The topological polar surface area (TPSA) is 38.8 Å². The van der Waals surface area contributed by atoms with Crippen molar-refractivity contribution in [1.29, 1.82) is 0 Å². The van der Waals surface area contributed by atoms with Gasteiger partial charge in [0.05, 0.1) is 0 Å². The first-order chi connectivity index (χ1) is 14.6. The third-order valence-corrected chi connectivity index (χ3v) is 6.25. The third-order valence-electron chi connectivity index (χ3n) is 5.99. The predicted octanol–water partition coefficient (Wildman–Crippen LogP) is 3.98. The van der Waals surface area contributed by atoms with E-state index < -0.39 is 0 Å². The number of urea groups is 1. The van der Waals surface area contributed by atoms with E-state index in [0.717, 1.165) is 56.3 Å². The minimum atomic E-state index is -0.226. The van der Waals surface area contributed by atoms with E-state index in [0.29, 0.717) is 13.1 Å². The Labute approximate surface area is 182 Å². The number of hydrogen-bond donors (Lipinski definition) is 1. The summed E-state index contributed by atoms with van der Waals surface area (Å²) in [7, 11) is 0. The second kappa shape index (κ2) is 9.67. The number of carbonyl (C=O) groups excluding carboxylic acids is 1. The van der Waals surface area contributed by atoms with Crippen LogP contribution < -0.4 is 10.2 Å². The highest BCUT2D eigenvalue weighted by molar-refractivity contribution is 6.30. The zero-order valence-electron chi connectivity index (χ0n) is 17.1. The monoisotopic (exact) mass is 430 g/mol. The SMILES string of the molecule is O=C(NC1CCN(Cc2ccc(Cl)cc2)CC1)N1CCN(c2ccc(F)cc2)CC1. The minimum Gasteiger partial charge on any atom is -0.368 e. The Bertz CT molecular complexity index is 829. The molecule has 0 radical (unpaired) electrons. The Kier molecular flexibility index (Phi) is 6.75. The van der Waals surface area contributed by atoms with Gasteiger partial charge in [-0.3, -0.25) is 4.90 Å². The molecule has 0 spiro atoms. The van der Waals surface area contributed by atoms with E-state index in [-0.39, 0.29) is 17.9 Å². The largest absolute Gasteiger partial charge is 0.368 e. The summed E-state index contributed by atoms with van der Waals surface area (Å²) in [6.07, 6.45) is 1.93. The second-order valence-electron chi connectivity index (χ2n) is 8.08. The third kappa shape index (κ3) is 5.43. The van der Waals surface area contributed by atoms with Gasteiger partial charge in [0.15, 0.2) is 0 Å². The molecule has 4 rings (SSSR count). The van der Waals surface area contributed by atoms with Crippen LogP contribution in [0.5, 0.6) is 0 Å². The first kappa shape index (κ1) is 20.9. The van der Waals surface area contributed by atoms with Gasteiger partial charge in [-0.15, -0.1) is 0 Å². The van der Waals surface area contributed by atoms with Gasteiger partial charge in [-0.25, -0.2) is 9.18 Å². The molecule has 2 fully saturated rings. The van der Waals surface area contributed by atoms with Gasteiger partial charge in [-0.1, -0.05) is 23.7 Å². The maximum Gasteiger partial charge on any atom is 0.317 e. The summed E-state index contributed by atoms with van der Waals surface area (Å²) in [6, 6.07) is 14.8. The molecule has 2 saturated heterocycles. The lowest BCUT2D eigenvalue weighted by Crippen LogP contribution is -2.54. The summed E-state index contributed by atoms with van der Waals surface area (Å²) in [4.78, 5) is 19.2. The van der Waals surface area contributed by atoms with Crippen LogP contribution in [-0.2, 0) is 6.54 Å². The van der Waals surface area contributed by atoms with Crippen molar-refractivity contribution < 1.29 is 9.18 Å². The van der Waals surface area contributed by atoms with Crippen LogP contribution in [0.2, 0.25) is 5.02 Å². The van der Waals surface area contributed by atoms with Gasteiger partial charge in [-0.2, -0.15) is 0 Å². The highest BCUT2D eigenvalue weighted by atomic mass is 35.5. The average molecular weight is 431 g/mol. The zero-order chi connectivity index (χ0) is 20.9. The highest BCUT2D eigenvalue weighted by Crippen LogP contribution is 2.18. The van der Waals surface area contributed by atoms with E-state index >= 15 is 0 Å². The van der Waals surface area contributed by atoms with Crippen LogP contribution in [0, 0.1) is 5.82 Å². The summed E-state index contributed by atoms with van der Waals surface area (Å²) in [5, 5.41) is 3.98. The maximum atomic E-state index is 13.1. The molecular weight excluding hydrogens is 403 g/mol. The number of amides is 2. The normalized spacial score (nSPS) is 18.5. The lowest BCUT2D eigenvalue weighted by Gasteiger charge is -2.38. The molecule has 2 aromatic rings. The fraction of sp³-hybridized carbons (Fsp3) is 0.435. The van der Waals surface area contributed by atoms with Crippen LogP contribution in [-0.4, -0.2) is 61.1 Å². The van der Waals surface area contributed by atoms with Gasteiger partial charge in [0.25, 0.3) is 0 Å². The van der Waals surface area contributed by atoms with E-state index in [1.165, 1.54) is 17.7 Å². The Balaban J connectivity index is 1.19. The number of rotatable bonds is 4. The van der Waals surface area contributed by atoms with Gasteiger partial charge in [0, 0.05) is 62.6 Å². The number of anilines is 1. The van der Waals surface area contributed by atoms with Crippen molar-refractivity contribution in [1.82, 2.24) is 15.1 Å². The van der Waals surface area contributed by atoms with Crippen molar-refractivity contribution in [3.63, 3.8) is 0 Å². The van der Waals surface area contributed by atoms with Gasteiger partial charge in [0.2, 0.25) is 0 Å². The molecule has 2 heterocycles. The molecule has 2 amide bonds. The summed E-state index contributed by atoms with van der Waals surface area (Å²) in [6.45, 7) is 5.76. The molecule has 0 aromatic heterocycles. The smallest absolute Gasteiger partial charge is 0.317 e. The molecule has 2 aromatic carbocycles. The Morgan fingerprint density at radius 2 is 1.57 bits per heavy atom. The van der Waals surface area contributed by atoms with Crippen LogP contribution in [0.15, 0.2) is 48.5 Å². The van der Waals surface area contributed by atoms with E-state index in [1.807, 2.05) is 17.0 Å². The van der Waals surface area contributed by atoms with Crippen LogP contribution in [0.4, 0.5) is 14.9 Å². The van der Waals surface area contributed by atoms with Crippen LogP contribution in [0.25, 0.3) is 0 Å². The number of hydrogen-bond acceptors (Lipinski definition) is 3. The molecule has 160 valence electrons. The molecule has 2 aliphatic rings. The average Bonchev–Trinajstić information content (AvgIpc) is 2.77. The molecule has 0 unspecified atom stereocenters. The number of carbonyl (C=O) groups is 1. The Hall–Kier alpha value is -2.31. The highest BCUT2D eigenvalue weighted by Gasteiger charge is 2.25. The van der Waals surface area contributed by atoms with Crippen molar-refractivity contribution in [2.45, 2.75) is 25.4 Å². The van der Waals surface area contributed by atoms with Crippen LogP contribution in [0.1, 0.15) is 18.4 Å². The molecule has 1 N–H and O–H groups in total. The van der Waals surface area contributed by atoms with Crippen LogP contribution >= 0.6 is 11.6 Å². The number of halogens is 2. The van der Waals surface area contributed by atoms with Gasteiger partial charge in [0.1, 0.15) is 5.82 Å². The molecular formula is C23H28ClFN4O. The lowest BCUT2D eigenvalue weighted by molar-refractivity contribution is 0.167. The summed E-state index contributed by atoms with van der Waals surface area (Å²) in [5.41, 5.74) is 2.27. The number of nitrogens with one attached hydrogen (secondary N) is 1. The van der Waals surface area contributed by atoms with Crippen molar-refractivity contribution in [2.24, 2.45) is 0 Å². The molecule has 0 aliphatic carbocycles. The Morgan fingerprint density at radius 1 is 0.933 bits per heavy atom. The molecule has 0 saturated carbocycles. The van der Waals surface area contributed by atoms with Crippen LogP contribution in [0.3, 0.4) is 0 Å². The van der Waals surface area contributed by atoms with Crippen molar-refractivity contribution in [3.8, 4) is 0 Å². The fourth-order valence-corrected chi connectivity index (χ4v) is 4.29. The minimum absolute atomic E-state index is 0.0323. The molecule has 2 aliphatic heterocycles. The van der Waals surface area contributed by atoms with Gasteiger partial charge in [-0.05, 0) is 54.8 Å². The van der Waals surface area contributed by atoms with Gasteiger partial charge >= 0.3 is 6.03 Å². The molecule has 0 atom stereocenters. The fourth-order valence-electron chi connectivity index (χ4n) is 4.17. The van der Waals surface area contributed by atoms with Crippen molar-refractivity contribution in [2.75, 3.05) is 44.2 Å². The van der Waals surface area contributed by atoms with E-state index in [2.05, 4.69) is 27.2 Å². The van der Waals surface area contributed by atoms with Crippen molar-refractivity contribution in [3.05, 3.63) is 64.9 Å². The molecule has 5 nitrogen and oxygen atoms in total. The van der Waals surface area contributed by atoms with Gasteiger partial charge < -0.3 is 15.1 Å². The first-order valence-electron chi connectivity index (χ1n) is 10.6. The second-order valence-corrected chi connectivity index (χ2v) is 8.51. The standard InChI is InChI=1S/C23H28ClFN4O/c24-19-3-1-18(2-4-19)17-27-11-9-21(10-12-27)26-23(30)29-15-13-28(14-16-29)22-7-5-20(25)6-8-22/h1-8,21H,9-17H2,(H,26,30). The van der Waals surface area contributed by atoms with E-state index in [4.69, 9.17) is 11.6 Å². The number of likely N-dealkylation sites (tertiary alicyclic amines) is 1. The first-order valence-corrected chi connectivity index (χ1v) is 11.0. The maximum absolute atomic E-state index is 13.1. The number of piperidine rings is 1. The molecule has 7 heteroatoms. The zero-order valence-corrected chi connectivity index (χ0v) is 17.8. The summed E-state index contributed by atoms with van der Waals surface area (Å²) >= 11 is 5.96. The predicted molar refractivity (Wildman–Crippen MR) is 118 cm³/mol. The van der Waals surface area contributed by atoms with Crippen molar-refractivity contribution >= 4 is 23.3 Å². The molecule has 30 heavy (non-hydrogen) atoms. The van der Waals surface area contributed by atoms with E-state index in [9.17, 15) is 9.18 Å². The summed E-state index contributed by atoms with van der Waals surface area (Å²) < 4.78 is 13.1. The van der Waals surface area contributed by atoms with E-state index in [1.54, 1.807) is 12.1 Å². The molecule has 0 bridgehead atoms. The Morgan fingerprint density at radius 3 is 2.20 bits per heavy atom. The summed E-state index contributed by atoms with van der Waals surface area (Å²) in [5.74, 6) is -0.226. The lowest BCUT2D eigenvalue weighted by atomic mass is 10.0. The number of piperazine rings is 1. The number of benzene rings is 2.